The van der Waals surface area contributed by atoms with Crippen LogP contribution in [0.25, 0.3) is 0 Å². The van der Waals surface area contributed by atoms with E-state index in [1.54, 1.807) is 30.1 Å². The van der Waals surface area contributed by atoms with Crippen molar-refractivity contribution in [2.45, 2.75) is 36.4 Å². The van der Waals surface area contributed by atoms with Gasteiger partial charge in [0.1, 0.15) is 0 Å². The first-order valence-electron chi connectivity index (χ1n) is 12.2. The lowest BCUT2D eigenvalue weighted by Crippen LogP contribution is -2.31. The van der Waals surface area contributed by atoms with Gasteiger partial charge in [0.05, 0.1) is 24.4 Å². The summed E-state index contributed by atoms with van der Waals surface area (Å²) in [6, 6.07) is 29.2. The molecule has 37 heavy (non-hydrogen) atoms. The van der Waals surface area contributed by atoms with E-state index in [2.05, 4.69) is 22.4 Å². The summed E-state index contributed by atoms with van der Waals surface area (Å²) >= 11 is 1.77. The van der Waals surface area contributed by atoms with Crippen LogP contribution in [0.3, 0.4) is 0 Å². The van der Waals surface area contributed by atoms with Gasteiger partial charge in [0.15, 0.2) is 6.29 Å². The highest BCUT2D eigenvalue weighted by Gasteiger charge is 2.32. The van der Waals surface area contributed by atoms with Gasteiger partial charge in [-0.2, -0.15) is 0 Å². The minimum Gasteiger partial charge on any atom is -0.392 e. The lowest BCUT2D eigenvalue weighted by atomic mass is 10.0. The summed E-state index contributed by atoms with van der Waals surface area (Å²) in [6.45, 7) is 0.0115. The molecule has 0 saturated carbocycles. The molecule has 4 aromatic rings. The van der Waals surface area contributed by atoms with Crippen LogP contribution in [0.1, 0.15) is 45.9 Å². The van der Waals surface area contributed by atoms with Crippen molar-refractivity contribution < 1.29 is 19.4 Å². The number of hydrogen-bond acceptors (Lipinski definition) is 6. The average Bonchev–Trinajstić information content (AvgIpc) is 2.97. The Kier molecular flexibility index (Phi) is 8.28. The van der Waals surface area contributed by atoms with E-state index in [-0.39, 0.29) is 24.7 Å². The number of carbonyl (C=O) groups is 1. The number of aliphatic hydroxyl groups is 1. The van der Waals surface area contributed by atoms with Gasteiger partial charge in [0, 0.05) is 40.7 Å². The fourth-order valence-electron chi connectivity index (χ4n) is 4.15. The Hall–Kier alpha value is -3.49. The van der Waals surface area contributed by atoms with E-state index in [1.165, 1.54) is 11.1 Å². The predicted octanol–water partition coefficient (Wildman–Crippen LogP) is 6.16. The fourth-order valence-corrected chi connectivity index (χ4v) is 5.10. The second kappa shape index (κ2) is 12.2. The highest BCUT2D eigenvalue weighted by Crippen LogP contribution is 2.39. The molecule has 0 spiro atoms. The molecule has 6 nitrogen and oxygen atoms in total. The maximum atomic E-state index is 12.5. The Bertz CT molecular complexity index is 1280. The molecule has 2 heterocycles. The Morgan fingerprint density at radius 2 is 1.68 bits per heavy atom. The fraction of sp³-hybridized carbons (Fsp3) is 0.200. The largest absolute Gasteiger partial charge is 0.392 e. The molecular formula is C30H28N2O4S. The van der Waals surface area contributed by atoms with Gasteiger partial charge in [-0.15, -0.1) is 11.8 Å². The van der Waals surface area contributed by atoms with Gasteiger partial charge in [-0.05, 0) is 47.5 Å². The zero-order valence-corrected chi connectivity index (χ0v) is 21.0. The third kappa shape index (κ3) is 6.64. The van der Waals surface area contributed by atoms with Crippen LogP contribution in [0, 0.1) is 0 Å². The maximum Gasteiger partial charge on any atom is 0.257 e. The van der Waals surface area contributed by atoms with Crippen molar-refractivity contribution in [3.05, 3.63) is 126 Å². The van der Waals surface area contributed by atoms with Crippen molar-refractivity contribution in [3.8, 4) is 0 Å². The molecule has 1 aliphatic rings. The number of ether oxygens (including phenoxy) is 2. The van der Waals surface area contributed by atoms with Crippen LogP contribution in [0.2, 0.25) is 0 Å². The van der Waals surface area contributed by atoms with Gasteiger partial charge >= 0.3 is 0 Å². The lowest BCUT2D eigenvalue weighted by molar-refractivity contribution is -0.245. The molecule has 5 rings (SSSR count). The molecule has 3 aromatic carbocycles. The van der Waals surface area contributed by atoms with Crippen molar-refractivity contribution in [2.75, 3.05) is 11.1 Å². The van der Waals surface area contributed by atoms with Crippen LogP contribution < -0.4 is 5.32 Å². The molecule has 3 atom stereocenters. The zero-order chi connectivity index (χ0) is 25.5. The van der Waals surface area contributed by atoms with Crippen LogP contribution in [0.4, 0.5) is 5.69 Å². The molecule has 1 aromatic heterocycles. The molecule has 1 amide bonds. The summed E-state index contributed by atoms with van der Waals surface area (Å²) in [5.74, 6) is 0.587. The number of nitrogens with zero attached hydrogens (tertiary/aromatic N) is 1. The molecular weight excluding hydrogens is 484 g/mol. The van der Waals surface area contributed by atoms with Gasteiger partial charge in [-0.3, -0.25) is 9.78 Å². The van der Waals surface area contributed by atoms with Crippen molar-refractivity contribution in [3.63, 3.8) is 0 Å². The molecule has 2 N–H and O–H groups in total. The number of benzene rings is 3. The Morgan fingerprint density at radius 1 is 0.919 bits per heavy atom. The highest BCUT2D eigenvalue weighted by molar-refractivity contribution is 7.99. The molecule has 1 fully saturated rings. The molecule has 1 aliphatic heterocycles. The van der Waals surface area contributed by atoms with Gasteiger partial charge in [0.25, 0.3) is 5.91 Å². The third-order valence-electron chi connectivity index (χ3n) is 6.16. The zero-order valence-electron chi connectivity index (χ0n) is 20.2. The van der Waals surface area contributed by atoms with E-state index >= 15 is 0 Å². The minimum absolute atomic E-state index is 0.0115. The van der Waals surface area contributed by atoms with Crippen molar-refractivity contribution >= 4 is 23.4 Å². The summed E-state index contributed by atoms with van der Waals surface area (Å²) in [5.41, 5.74) is 3.99. The number of hydrogen-bond donors (Lipinski definition) is 2. The molecule has 0 aliphatic carbocycles. The minimum atomic E-state index is -0.541. The quantitative estimate of drug-likeness (QED) is 0.275. The van der Waals surface area contributed by atoms with Gasteiger partial charge in [0.2, 0.25) is 0 Å². The molecule has 188 valence electrons. The van der Waals surface area contributed by atoms with Crippen LogP contribution in [-0.2, 0) is 16.1 Å². The average molecular weight is 513 g/mol. The van der Waals surface area contributed by atoms with E-state index in [0.29, 0.717) is 11.3 Å². The Balaban J connectivity index is 1.31. The molecule has 0 radical (unpaired) electrons. The molecule has 7 heteroatoms. The monoisotopic (exact) mass is 512 g/mol. The highest BCUT2D eigenvalue weighted by atomic mass is 32.2. The number of nitrogens with one attached hydrogen (secondary N) is 1. The molecule has 0 unspecified atom stereocenters. The summed E-state index contributed by atoms with van der Waals surface area (Å²) < 4.78 is 12.8. The van der Waals surface area contributed by atoms with Gasteiger partial charge in [-0.25, -0.2) is 0 Å². The van der Waals surface area contributed by atoms with Gasteiger partial charge < -0.3 is 19.9 Å². The second-order valence-corrected chi connectivity index (χ2v) is 9.89. The normalized spacial score (nSPS) is 19.3. The number of aromatic nitrogens is 1. The number of carbonyl (C=O) groups excluding carboxylic acids is 1. The number of rotatable bonds is 8. The number of anilines is 1. The van der Waals surface area contributed by atoms with E-state index in [4.69, 9.17) is 9.47 Å². The maximum absolute atomic E-state index is 12.5. The number of amides is 1. The smallest absolute Gasteiger partial charge is 0.257 e. The number of pyridine rings is 1. The SMILES string of the molecule is O=C(Nc1ccc([C@H]2O[C@@H](CSc3ccccc3)C[C@@H](c3ccc(CO)cc3)O2)cc1)c1cccnc1. The first-order chi connectivity index (χ1) is 18.2. The lowest BCUT2D eigenvalue weighted by Gasteiger charge is -2.36. The van der Waals surface area contributed by atoms with Gasteiger partial charge in [-0.1, -0.05) is 54.6 Å². The molecule has 0 bridgehead atoms. The van der Waals surface area contributed by atoms with Crippen LogP contribution in [0.15, 0.2) is 108 Å². The standard InChI is InChI=1S/C30H28N2O4S/c33-19-21-8-10-22(11-9-21)28-17-26(20-37-27-6-2-1-3-7-27)35-30(36-28)23-12-14-25(15-13-23)32-29(34)24-5-4-16-31-18-24/h1-16,18,26,28,30,33H,17,19-20H2,(H,32,34)/t26-,28+,30+/m1/s1. The first kappa shape index (κ1) is 25.2. The third-order valence-corrected chi connectivity index (χ3v) is 7.30. The number of thioether (sulfide) groups is 1. The number of aliphatic hydroxyl groups excluding tert-OH is 1. The van der Waals surface area contributed by atoms with E-state index in [0.717, 1.165) is 28.9 Å². The van der Waals surface area contributed by atoms with Crippen LogP contribution in [-0.4, -0.2) is 27.9 Å². The van der Waals surface area contributed by atoms with E-state index < -0.39 is 6.29 Å². The Labute approximate surface area is 220 Å². The molecule has 1 saturated heterocycles. The topological polar surface area (TPSA) is 80.7 Å². The van der Waals surface area contributed by atoms with Crippen LogP contribution >= 0.6 is 11.8 Å². The first-order valence-corrected chi connectivity index (χ1v) is 13.2. The second-order valence-electron chi connectivity index (χ2n) is 8.79. The van der Waals surface area contributed by atoms with Crippen molar-refractivity contribution in [1.29, 1.82) is 0 Å². The summed E-state index contributed by atoms with van der Waals surface area (Å²) in [7, 11) is 0. The van der Waals surface area contributed by atoms with Crippen molar-refractivity contribution in [1.82, 2.24) is 4.98 Å². The summed E-state index contributed by atoms with van der Waals surface area (Å²) in [5, 5.41) is 12.3. The predicted molar refractivity (Wildman–Crippen MR) is 144 cm³/mol. The van der Waals surface area contributed by atoms with E-state index in [9.17, 15) is 9.90 Å². The summed E-state index contributed by atoms with van der Waals surface area (Å²) in [6.07, 6.45) is 3.20. The van der Waals surface area contributed by atoms with E-state index in [1.807, 2.05) is 66.7 Å². The summed E-state index contributed by atoms with van der Waals surface area (Å²) in [4.78, 5) is 17.7. The Morgan fingerprint density at radius 3 is 2.38 bits per heavy atom. The van der Waals surface area contributed by atoms with Crippen LogP contribution in [0.5, 0.6) is 0 Å². The van der Waals surface area contributed by atoms with Crippen molar-refractivity contribution in [2.24, 2.45) is 0 Å².